The van der Waals surface area contributed by atoms with E-state index in [4.69, 9.17) is 0 Å². The second kappa shape index (κ2) is 7.28. The zero-order chi connectivity index (χ0) is 11.8. The van der Waals surface area contributed by atoms with Crippen LogP contribution in [0.25, 0.3) is 0 Å². The van der Waals surface area contributed by atoms with Crippen molar-refractivity contribution in [2.45, 2.75) is 47.0 Å². The van der Waals surface area contributed by atoms with Crippen molar-refractivity contribution < 1.29 is 0 Å². The molecular formula is C15H24. The molecule has 0 N–H and O–H groups in total. The van der Waals surface area contributed by atoms with Crippen LogP contribution in [0, 0.1) is 0 Å². The summed E-state index contributed by atoms with van der Waals surface area (Å²) in [5.41, 5.74) is 4.29. The molecule has 1 unspecified atom stereocenters. The SMILES string of the molecule is C=C1Cc2ccccc2C1C.CC.CC. The van der Waals surface area contributed by atoms with Crippen molar-refractivity contribution in [2.24, 2.45) is 0 Å². The highest BCUT2D eigenvalue weighted by atomic mass is 14.2. The Kier molecular flexibility index (Phi) is 6.77. The van der Waals surface area contributed by atoms with Gasteiger partial charge in [-0.1, -0.05) is 71.0 Å². The van der Waals surface area contributed by atoms with E-state index in [1.807, 2.05) is 27.7 Å². The Bertz CT molecular complexity index is 297. The largest absolute Gasteiger partial charge is 0.0989 e. The van der Waals surface area contributed by atoms with Gasteiger partial charge in [0.2, 0.25) is 0 Å². The topological polar surface area (TPSA) is 0 Å². The molecular weight excluding hydrogens is 180 g/mol. The molecule has 84 valence electrons. The highest BCUT2D eigenvalue weighted by molar-refractivity contribution is 5.43. The van der Waals surface area contributed by atoms with Gasteiger partial charge in [0.25, 0.3) is 0 Å². The van der Waals surface area contributed by atoms with E-state index in [0.717, 1.165) is 6.42 Å². The van der Waals surface area contributed by atoms with Gasteiger partial charge in [-0.3, -0.25) is 0 Å². The van der Waals surface area contributed by atoms with Crippen molar-refractivity contribution in [3.63, 3.8) is 0 Å². The molecule has 0 heteroatoms. The van der Waals surface area contributed by atoms with Crippen LogP contribution in [0.2, 0.25) is 0 Å². The molecule has 0 aromatic heterocycles. The Morgan fingerprint density at radius 1 is 1.07 bits per heavy atom. The van der Waals surface area contributed by atoms with Crippen molar-refractivity contribution in [2.75, 3.05) is 0 Å². The minimum atomic E-state index is 0.575. The maximum absolute atomic E-state index is 4.05. The Hall–Kier alpha value is -1.04. The third-order valence-electron chi connectivity index (χ3n) is 2.55. The molecule has 1 aromatic carbocycles. The Morgan fingerprint density at radius 3 is 2.13 bits per heavy atom. The van der Waals surface area contributed by atoms with E-state index in [2.05, 4.69) is 37.8 Å². The number of hydrogen-bond donors (Lipinski definition) is 0. The zero-order valence-corrected chi connectivity index (χ0v) is 10.8. The van der Waals surface area contributed by atoms with E-state index < -0.39 is 0 Å². The molecule has 0 saturated heterocycles. The monoisotopic (exact) mass is 204 g/mol. The molecule has 0 bridgehead atoms. The molecule has 0 aliphatic heterocycles. The Balaban J connectivity index is 0.000000442. The van der Waals surface area contributed by atoms with Crippen molar-refractivity contribution in [1.82, 2.24) is 0 Å². The average molecular weight is 204 g/mol. The summed E-state index contributed by atoms with van der Waals surface area (Å²) in [6.07, 6.45) is 1.08. The van der Waals surface area contributed by atoms with E-state index in [-0.39, 0.29) is 0 Å². The second-order valence-electron chi connectivity index (χ2n) is 3.26. The Labute approximate surface area is 95.0 Å². The Morgan fingerprint density at radius 2 is 1.60 bits per heavy atom. The van der Waals surface area contributed by atoms with Crippen LogP contribution in [0.1, 0.15) is 51.7 Å². The summed E-state index contributed by atoms with van der Waals surface area (Å²) in [7, 11) is 0. The summed E-state index contributed by atoms with van der Waals surface area (Å²) >= 11 is 0. The van der Waals surface area contributed by atoms with Crippen LogP contribution in [0.3, 0.4) is 0 Å². The lowest BCUT2D eigenvalue weighted by atomic mass is 10.0. The van der Waals surface area contributed by atoms with E-state index >= 15 is 0 Å². The molecule has 2 rings (SSSR count). The second-order valence-corrected chi connectivity index (χ2v) is 3.26. The maximum Gasteiger partial charge on any atom is 0.00232 e. The minimum absolute atomic E-state index is 0.575. The van der Waals surface area contributed by atoms with Crippen molar-refractivity contribution in [3.05, 3.63) is 47.5 Å². The number of rotatable bonds is 0. The highest BCUT2D eigenvalue weighted by Gasteiger charge is 2.20. The van der Waals surface area contributed by atoms with Gasteiger partial charge in [-0.2, -0.15) is 0 Å². The van der Waals surface area contributed by atoms with Crippen molar-refractivity contribution in [3.8, 4) is 0 Å². The molecule has 0 nitrogen and oxygen atoms in total. The number of allylic oxidation sites excluding steroid dienone is 1. The lowest BCUT2D eigenvalue weighted by molar-refractivity contribution is 0.932. The molecule has 1 aliphatic rings. The van der Waals surface area contributed by atoms with Crippen LogP contribution >= 0.6 is 0 Å². The van der Waals surface area contributed by atoms with Crippen LogP contribution in [0.5, 0.6) is 0 Å². The predicted octanol–water partition coefficient (Wildman–Crippen LogP) is 4.95. The highest BCUT2D eigenvalue weighted by Crippen LogP contribution is 2.35. The normalized spacial score (nSPS) is 16.9. The van der Waals surface area contributed by atoms with Gasteiger partial charge in [-0.25, -0.2) is 0 Å². The minimum Gasteiger partial charge on any atom is -0.0989 e. The molecule has 0 spiro atoms. The summed E-state index contributed by atoms with van der Waals surface area (Å²) < 4.78 is 0. The lowest BCUT2D eigenvalue weighted by Gasteiger charge is -2.03. The quantitative estimate of drug-likeness (QED) is 0.524. The summed E-state index contributed by atoms with van der Waals surface area (Å²) in [4.78, 5) is 0. The van der Waals surface area contributed by atoms with Crippen LogP contribution < -0.4 is 0 Å². The lowest BCUT2D eigenvalue weighted by Crippen LogP contribution is -1.86. The van der Waals surface area contributed by atoms with Crippen molar-refractivity contribution >= 4 is 0 Å². The molecule has 0 saturated carbocycles. The van der Waals surface area contributed by atoms with Crippen LogP contribution in [-0.2, 0) is 6.42 Å². The van der Waals surface area contributed by atoms with Crippen LogP contribution in [0.15, 0.2) is 36.4 Å². The summed E-state index contributed by atoms with van der Waals surface area (Å²) in [5, 5.41) is 0. The van der Waals surface area contributed by atoms with Gasteiger partial charge in [-0.15, -0.1) is 0 Å². The van der Waals surface area contributed by atoms with Gasteiger partial charge >= 0.3 is 0 Å². The molecule has 15 heavy (non-hydrogen) atoms. The summed E-state index contributed by atoms with van der Waals surface area (Å²) in [6, 6.07) is 8.61. The van der Waals surface area contributed by atoms with Gasteiger partial charge in [0, 0.05) is 5.92 Å². The maximum atomic E-state index is 4.05. The smallest absolute Gasteiger partial charge is 0.00232 e. The molecule has 1 aromatic rings. The molecule has 0 amide bonds. The van der Waals surface area contributed by atoms with Gasteiger partial charge in [-0.05, 0) is 17.5 Å². The van der Waals surface area contributed by atoms with Crippen LogP contribution in [0.4, 0.5) is 0 Å². The van der Waals surface area contributed by atoms with E-state index in [0.29, 0.717) is 5.92 Å². The number of benzene rings is 1. The van der Waals surface area contributed by atoms with E-state index in [1.54, 1.807) is 0 Å². The first-order valence-corrected chi connectivity index (χ1v) is 6.04. The van der Waals surface area contributed by atoms with Gasteiger partial charge in [0.1, 0.15) is 0 Å². The third-order valence-corrected chi connectivity index (χ3v) is 2.55. The fourth-order valence-corrected chi connectivity index (χ4v) is 1.74. The van der Waals surface area contributed by atoms with Crippen molar-refractivity contribution in [1.29, 1.82) is 0 Å². The fraction of sp³-hybridized carbons (Fsp3) is 0.467. The average Bonchev–Trinajstić information content (AvgIpc) is 2.61. The fourth-order valence-electron chi connectivity index (χ4n) is 1.74. The molecule has 1 aliphatic carbocycles. The summed E-state index contributed by atoms with van der Waals surface area (Å²) in [6.45, 7) is 14.3. The molecule has 0 radical (unpaired) electrons. The van der Waals surface area contributed by atoms with E-state index in [9.17, 15) is 0 Å². The van der Waals surface area contributed by atoms with Gasteiger partial charge in [0.15, 0.2) is 0 Å². The number of hydrogen-bond acceptors (Lipinski definition) is 0. The summed E-state index contributed by atoms with van der Waals surface area (Å²) in [5.74, 6) is 0.575. The van der Waals surface area contributed by atoms with Gasteiger partial charge < -0.3 is 0 Å². The number of fused-ring (bicyclic) bond motifs is 1. The molecule has 0 fully saturated rings. The first-order valence-electron chi connectivity index (χ1n) is 6.04. The zero-order valence-electron chi connectivity index (χ0n) is 10.8. The van der Waals surface area contributed by atoms with E-state index in [1.165, 1.54) is 16.7 Å². The molecule has 0 heterocycles. The van der Waals surface area contributed by atoms with Gasteiger partial charge in [0.05, 0.1) is 0 Å². The first-order chi connectivity index (χ1) is 7.29. The van der Waals surface area contributed by atoms with Crippen LogP contribution in [-0.4, -0.2) is 0 Å². The molecule has 1 atom stereocenters. The first kappa shape index (κ1) is 14.0. The third kappa shape index (κ3) is 3.23. The predicted molar refractivity (Wildman–Crippen MR) is 70.4 cm³/mol. The standard InChI is InChI=1S/C11H12.2C2H6/c1-8-7-10-5-3-4-6-11(10)9(8)2;2*1-2/h3-6,9H,1,7H2,2H3;2*1-2H3.